The van der Waals surface area contributed by atoms with E-state index < -0.39 is 38.4 Å². The van der Waals surface area contributed by atoms with Gasteiger partial charge in [-0.3, -0.25) is 4.79 Å². The number of rotatable bonds is 6. The maximum Gasteiger partial charge on any atom is 0.337 e. The Balaban J connectivity index is 1.86. The standard InChI is InChI=1S/C26H22ClNO6S/c1-16-7-13-20(14-8-16)35(32,33)24-22(17-9-11-18(12-10-17)26(31)34-2)28(25(30)23(24)29)15-19-5-3-4-6-21(19)27/h3-14,22,29H,15H2,1-2H3/t22-/m1/s1. The topological polar surface area (TPSA) is 101 Å². The number of carbonyl (C=O) groups is 2. The first kappa shape index (κ1) is 24.5. The van der Waals surface area contributed by atoms with Gasteiger partial charge >= 0.3 is 5.97 Å². The largest absolute Gasteiger partial charge is 0.502 e. The SMILES string of the molecule is COC(=O)c1ccc([C@@H]2C(S(=O)(=O)c3ccc(C)cc3)=C(O)C(=O)N2Cc2ccccc2Cl)cc1. The van der Waals surface area contributed by atoms with E-state index in [2.05, 4.69) is 0 Å². The summed E-state index contributed by atoms with van der Waals surface area (Å²) >= 11 is 6.31. The third kappa shape index (κ3) is 4.54. The molecule has 4 rings (SSSR count). The first-order valence-electron chi connectivity index (χ1n) is 10.6. The highest BCUT2D eigenvalue weighted by Crippen LogP contribution is 2.43. The molecule has 1 heterocycles. The minimum atomic E-state index is -4.26. The van der Waals surface area contributed by atoms with Gasteiger partial charge in [-0.25, -0.2) is 13.2 Å². The average Bonchev–Trinajstić information content (AvgIpc) is 3.11. The molecule has 0 bridgehead atoms. The quantitative estimate of drug-likeness (QED) is 0.479. The van der Waals surface area contributed by atoms with E-state index in [1.165, 1.54) is 48.4 Å². The molecule has 0 saturated carbocycles. The van der Waals surface area contributed by atoms with Crippen LogP contribution in [0.5, 0.6) is 0 Å². The van der Waals surface area contributed by atoms with Gasteiger partial charge in [-0.2, -0.15) is 0 Å². The Kier molecular flexibility index (Phi) is 6.69. The molecule has 3 aromatic carbocycles. The number of ether oxygens (including phenoxy) is 1. The summed E-state index contributed by atoms with van der Waals surface area (Å²) in [6.07, 6.45) is 0. The summed E-state index contributed by atoms with van der Waals surface area (Å²) in [6.45, 7) is 1.78. The second-order valence-corrected chi connectivity index (χ2v) is 10.4. The van der Waals surface area contributed by atoms with Crippen LogP contribution in [0.2, 0.25) is 5.02 Å². The molecule has 3 aromatic rings. The van der Waals surface area contributed by atoms with Crippen molar-refractivity contribution in [1.82, 2.24) is 4.90 Å². The molecule has 0 unspecified atom stereocenters. The van der Waals surface area contributed by atoms with Crippen LogP contribution >= 0.6 is 11.6 Å². The van der Waals surface area contributed by atoms with Gasteiger partial charge in [0.15, 0.2) is 5.76 Å². The molecule has 0 radical (unpaired) electrons. The fourth-order valence-electron chi connectivity index (χ4n) is 3.97. The molecule has 0 fully saturated rings. The molecule has 1 aliphatic rings. The number of halogens is 1. The summed E-state index contributed by atoms with van der Waals surface area (Å²) in [5.41, 5.74) is 2.10. The number of amides is 1. The normalized spacial score (nSPS) is 16.0. The van der Waals surface area contributed by atoms with E-state index in [4.69, 9.17) is 16.3 Å². The van der Waals surface area contributed by atoms with Crippen LogP contribution in [-0.2, 0) is 25.9 Å². The summed E-state index contributed by atoms with van der Waals surface area (Å²) in [7, 11) is -3.00. The summed E-state index contributed by atoms with van der Waals surface area (Å²) < 4.78 is 32.1. The Labute approximate surface area is 208 Å². The number of sulfone groups is 1. The van der Waals surface area contributed by atoms with Crippen molar-refractivity contribution in [1.29, 1.82) is 0 Å². The molecule has 1 aliphatic heterocycles. The zero-order valence-electron chi connectivity index (χ0n) is 18.9. The first-order chi connectivity index (χ1) is 16.6. The Hall–Kier alpha value is -3.62. The molecule has 9 heteroatoms. The third-order valence-corrected chi connectivity index (χ3v) is 8.08. The van der Waals surface area contributed by atoms with Crippen LogP contribution in [0.4, 0.5) is 0 Å². The van der Waals surface area contributed by atoms with E-state index in [0.29, 0.717) is 16.1 Å². The average molecular weight is 512 g/mol. The fourth-order valence-corrected chi connectivity index (χ4v) is 5.82. The van der Waals surface area contributed by atoms with Gasteiger partial charge in [0, 0.05) is 11.6 Å². The summed E-state index contributed by atoms with van der Waals surface area (Å²) in [6, 6.07) is 17.9. The fraction of sp³-hybridized carbons (Fsp3) is 0.154. The number of esters is 1. The molecule has 0 aromatic heterocycles. The molecule has 0 spiro atoms. The van der Waals surface area contributed by atoms with Crippen molar-refractivity contribution < 1.29 is 27.9 Å². The van der Waals surface area contributed by atoms with Gasteiger partial charge in [0.05, 0.1) is 23.6 Å². The number of aliphatic hydroxyl groups excluding tert-OH is 1. The maximum absolute atomic E-state index is 13.7. The Morgan fingerprint density at radius 2 is 1.66 bits per heavy atom. The Morgan fingerprint density at radius 1 is 1.03 bits per heavy atom. The molecular formula is C26H22ClNO6S. The van der Waals surface area contributed by atoms with Crippen LogP contribution in [0.25, 0.3) is 0 Å². The zero-order valence-corrected chi connectivity index (χ0v) is 20.5. The van der Waals surface area contributed by atoms with E-state index in [1.54, 1.807) is 36.4 Å². The van der Waals surface area contributed by atoms with Gasteiger partial charge < -0.3 is 14.7 Å². The number of methoxy groups -OCH3 is 1. The number of carbonyl (C=O) groups excluding carboxylic acids is 2. The van der Waals surface area contributed by atoms with Gasteiger partial charge in [0.25, 0.3) is 5.91 Å². The minimum absolute atomic E-state index is 0.0428. The predicted octanol–water partition coefficient (Wildman–Crippen LogP) is 4.76. The monoisotopic (exact) mass is 511 g/mol. The van der Waals surface area contributed by atoms with Crippen molar-refractivity contribution in [3.05, 3.63) is 111 Å². The number of hydrogen-bond donors (Lipinski definition) is 1. The number of aryl methyl sites for hydroxylation is 1. The molecular weight excluding hydrogens is 490 g/mol. The molecule has 1 amide bonds. The number of benzene rings is 3. The van der Waals surface area contributed by atoms with Crippen molar-refractivity contribution in [3.8, 4) is 0 Å². The van der Waals surface area contributed by atoms with E-state index in [1.807, 2.05) is 6.92 Å². The predicted molar refractivity (Wildman–Crippen MR) is 131 cm³/mol. The minimum Gasteiger partial charge on any atom is -0.502 e. The highest BCUT2D eigenvalue weighted by molar-refractivity contribution is 7.95. The second kappa shape index (κ2) is 9.56. The van der Waals surface area contributed by atoms with E-state index in [9.17, 15) is 23.1 Å². The Morgan fingerprint density at radius 3 is 2.26 bits per heavy atom. The van der Waals surface area contributed by atoms with Crippen LogP contribution in [0.15, 0.2) is 88.4 Å². The maximum atomic E-state index is 13.7. The van der Waals surface area contributed by atoms with Crippen LogP contribution in [0.3, 0.4) is 0 Å². The third-order valence-electron chi connectivity index (χ3n) is 5.82. The number of nitrogens with zero attached hydrogens (tertiary/aromatic N) is 1. The molecule has 1 atom stereocenters. The molecule has 0 saturated heterocycles. The van der Waals surface area contributed by atoms with Crippen molar-refractivity contribution in [2.75, 3.05) is 7.11 Å². The lowest BCUT2D eigenvalue weighted by Crippen LogP contribution is -2.31. The molecule has 1 N–H and O–H groups in total. The smallest absolute Gasteiger partial charge is 0.337 e. The molecule has 7 nitrogen and oxygen atoms in total. The van der Waals surface area contributed by atoms with Crippen molar-refractivity contribution in [2.24, 2.45) is 0 Å². The second-order valence-electron chi connectivity index (χ2n) is 8.07. The van der Waals surface area contributed by atoms with Gasteiger partial charge in [-0.15, -0.1) is 0 Å². The first-order valence-corrected chi connectivity index (χ1v) is 12.5. The van der Waals surface area contributed by atoms with Gasteiger partial charge in [0.1, 0.15) is 4.91 Å². The van der Waals surface area contributed by atoms with Crippen molar-refractivity contribution in [3.63, 3.8) is 0 Å². The molecule has 0 aliphatic carbocycles. The highest BCUT2D eigenvalue weighted by Gasteiger charge is 2.47. The number of hydrogen-bond acceptors (Lipinski definition) is 6. The lowest BCUT2D eigenvalue weighted by Gasteiger charge is -2.27. The van der Waals surface area contributed by atoms with Gasteiger partial charge in [-0.1, -0.05) is 59.6 Å². The zero-order chi connectivity index (χ0) is 25.3. The lowest BCUT2D eigenvalue weighted by molar-refractivity contribution is -0.130. The van der Waals surface area contributed by atoms with Crippen molar-refractivity contribution >= 4 is 33.3 Å². The summed E-state index contributed by atoms with van der Waals surface area (Å²) in [5, 5.41) is 11.2. The van der Waals surface area contributed by atoms with E-state index >= 15 is 0 Å². The summed E-state index contributed by atoms with van der Waals surface area (Å²) in [4.78, 5) is 25.9. The summed E-state index contributed by atoms with van der Waals surface area (Å²) in [5.74, 6) is -2.24. The van der Waals surface area contributed by atoms with Crippen LogP contribution in [-0.4, -0.2) is 37.4 Å². The van der Waals surface area contributed by atoms with Crippen LogP contribution in [0.1, 0.15) is 33.1 Å². The van der Waals surface area contributed by atoms with E-state index in [0.717, 1.165) is 5.56 Å². The molecule has 35 heavy (non-hydrogen) atoms. The highest BCUT2D eigenvalue weighted by atomic mass is 35.5. The Bertz CT molecular complexity index is 1430. The van der Waals surface area contributed by atoms with Crippen LogP contribution in [0, 0.1) is 6.92 Å². The van der Waals surface area contributed by atoms with Crippen molar-refractivity contribution in [2.45, 2.75) is 24.4 Å². The van der Waals surface area contributed by atoms with Gasteiger partial charge in [0.2, 0.25) is 9.84 Å². The lowest BCUT2D eigenvalue weighted by atomic mass is 10.0. The number of aliphatic hydroxyl groups is 1. The molecule has 180 valence electrons. The van der Waals surface area contributed by atoms with Gasteiger partial charge in [-0.05, 0) is 48.4 Å². The van der Waals surface area contributed by atoms with E-state index in [-0.39, 0.29) is 17.0 Å². The van der Waals surface area contributed by atoms with Crippen LogP contribution < -0.4 is 0 Å².